The number of halogens is 7. The number of alkyl halides is 7. The van der Waals surface area contributed by atoms with Gasteiger partial charge in [0.15, 0.2) is 0 Å². The molecule has 0 heterocycles. The van der Waals surface area contributed by atoms with Gasteiger partial charge in [0.2, 0.25) is 0 Å². The van der Waals surface area contributed by atoms with Gasteiger partial charge in [-0.15, -0.1) is 0 Å². The van der Waals surface area contributed by atoms with Crippen molar-refractivity contribution in [1.29, 1.82) is 0 Å². The average molecular weight is 351 g/mol. The predicted octanol–water partition coefficient (Wildman–Crippen LogP) is 5.15. The average Bonchev–Trinajstić information content (AvgIpc) is 2.26. The third-order valence-corrected chi connectivity index (χ3v) is 2.66. The molecule has 1 nitrogen and oxygen atoms in total. The minimum absolute atomic E-state index is 0.00572. The van der Waals surface area contributed by atoms with E-state index in [1.54, 1.807) is 0 Å². The first-order valence-electron chi connectivity index (χ1n) is 5.02. The predicted molar refractivity (Wildman–Crippen MR) is 59.7 cm³/mol. The lowest BCUT2D eigenvalue weighted by Crippen LogP contribution is -2.13. The Morgan fingerprint density at radius 2 is 1.42 bits per heavy atom. The van der Waals surface area contributed by atoms with E-state index in [1.165, 1.54) is 6.92 Å². The summed E-state index contributed by atoms with van der Waals surface area (Å²) in [6, 6.07) is 1.40. The highest BCUT2D eigenvalue weighted by atomic mass is 79.9. The van der Waals surface area contributed by atoms with Gasteiger partial charge < -0.3 is 4.74 Å². The smallest absolute Gasteiger partial charge is 0.363 e. The largest absolute Gasteiger partial charge is 0.416 e. The van der Waals surface area contributed by atoms with E-state index in [4.69, 9.17) is 4.74 Å². The van der Waals surface area contributed by atoms with Crippen LogP contribution in [0.5, 0.6) is 0 Å². The lowest BCUT2D eigenvalue weighted by Gasteiger charge is -2.17. The van der Waals surface area contributed by atoms with Crippen LogP contribution in [0.2, 0.25) is 0 Å². The molecule has 0 saturated carbocycles. The topological polar surface area (TPSA) is 9.23 Å². The second-order valence-electron chi connectivity index (χ2n) is 3.76. The zero-order chi connectivity index (χ0) is 14.8. The van der Waals surface area contributed by atoms with Crippen molar-refractivity contribution in [3.63, 3.8) is 0 Å². The second-order valence-corrected chi connectivity index (χ2v) is 4.22. The van der Waals surface area contributed by atoms with Crippen LogP contribution in [-0.4, -0.2) is 5.52 Å². The highest BCUT2D eigenvalue weighted by molar-refractivity contribution is 9.09. The van der Waals surface area contributed by atoms with Crippen LogP contribution >= 0.6 is 15.9 Å². The van der Waals surface area contributed by atoms with E-state index in [0.29, 0.717) is 12.1 Å². The molecule has 0 saturated heterocycles. The Hall–Kier alpha value is -0.760. The van der Waals surface area contributed by atoms with Crippen molar-refractivity contribution in [2.24, 2.45) is 0 Å². The molecule has 0 fully saturated rings. The van der Waals surface area contributed by atoms with Gasteiger partial charge >= 0.3 is 12.4 Å². The molecule has 19 heavy (non-hydrogen) atoms. The zero-order valence-electron chi connectivity index (χ0n) is 9.57. The maximum absolute atomic E-state index is 12.6. The lowest BCUT2D eigenvalue weighted by atomic mass is 10.0. The summed E-state index contributed by atoms with van der Waals surface area (Å²) in [5, 5.41) is 0. The van der Waals surface area contributed by atoms with Gasteiger partial charge in [-0.2, -0.15) is 26.3 Å². The van der Waals surface area contributed by atoms with Crippen LogP contribution < -0.4 is 0 Å². The fraction of sp³-hybridized carbons (Fsp3) is 0.455. The number of ether oxygens (including phenoxy) is 1. The van der Waals surface area contributed by atoms with Crippen molar-refractivity contribution in [2.45, 2.75) is 25.4 Å². The molecule has 0 aliphatic rings. The van der Waals surface area contributed by atoms with Gasteiger partial charge in [-0.1, -0.05) is 15.9 Å². The third kappa shape index (κ3) is 4.38. The minimum Gasteiger partial charge on any atom is -0.363 e. The van der Waals surface area contributed by atoms with Crippen molar-refractivity contribution in [1.82, 2.24) is 0 Å². The van der Waals surface area contributed by atoms with Crippen LogP contribution in [0, 0.1) is 0 Å². The highest BCUT2D eigenvalue weighted by Crippen LogP contribution is 2.37. The van der Waals surface area contributed by atoms with Gasteiger partial charge in [0, 0.05) is 0 Å². The fourth-order valence-electron chi connectivity index (χ4n) is 1.40. The van der Waals surface area contributed by atoms with Gasteiger partial charge in [0.25, 0.3) is 0 Å². The minimum atomic E-state index is -4.84. The van der Waals surface area contributed by atoms with Gasteiger partial charge in [0.05, 0.1) is 17.2 Å². The molecule has 0 N–H and O–H groups in total. The first-order chi connectivity index (χ1) is 8.55. The monoisotopic (exact) mass is 350 g/mol. The summed E-state index contributed by atoms with van der Waals surface area (Å²) in [5.41, 5.74) is -2.86. The van der Waals surface area contributed by atoms with Gasteiger partial charge in [-0.3, -0.25) is 0 Å². The third-order valence-electron chi connectivity index (χ3n) is 2.39. The van der Waals surface area contributed by atoms with E-state index in [2.05, 4.69) is 15.9 Å². The van der Waals surface area contributed by atoms with Crippen LogP contribution in [0.1, 0.15) is 29.7 Å². The van der Waals surface area contributed by atoms with E-state index >= 15 is 0 Å². The van der Waals surface area contributed by atoms with E-state index in [0.717, 1.165) is 0 Å². The Morgan fingerprint density at radius 1 is 1.00 bits per heavy atom. The van der Waals surface area contributed by atoms with Gasteiger partial charge in [-0.05, 0) is 30.7 Å². The first-order valence-corrected chi connectivity index (χ1v) is 6.15. The molecule has 0 radical (unpaired) electrons. The summed E-state index contributed by atoms with van der Waals surface area (Å²) in [7, 11) is 0. The first kappa shape index (κ1) is 16.3. The maximum Gasteiger partial charge on any atom is 0.416 e. The van der Waals surface area contributed by atoms with Crippen molar-refractivity contribution in [3.05, 3.63) is 34.9 Å². The van der Waals surface area contributed by atoms with Crippen molar-refractivity contribution >= 4 is 15.9 Å². The second kappa shape index (κ2) is 5.70. The molecule has 1 aromatic carbocycles. The molecule has 0 spiro atoms. The van der Waals surface area contributed by atoms with Crippen molar-refractivity contribution < 1.29 is 31.1 Å². The Morgan fingerprint density at radius 3 is 1.74 bits per heavy atom. The summed E-state index contributed by atoms with van der Waals surface area (Å²) >= 11 is 2.90. The summed E-state index contributed by atoms with van der Waals surface area (Å²) < 4.78 is 80.4. The highest BCUT2D eigenvalue weighted by Gasteiger charge is 2.37. The molecule has 0 aromatic heterocycles. The Labute approximate surface area is 113 Å². The maximum atomic E-state index is 12.6. The fourth-order valence-corrected chi connectivity index (χ4v) is 1.80. The van der Waals surface area contributed by atoms with Crippen molar-refractivity contribution in [2.75, 3.05) is 5.52 Å². The summed E-state index contributed by atoms with van der Waals surface area (Å²) in [6.45, 7) is 1.37. The van der Waals surface area contributed by atoms with Gasteiger partial charge in [0.1, 0.15) is 5.52 Å². The lowest BCUT2D eigenvalue weighted by molar-refractivity contribution is -0.143. The van der Waals surface area contributed by atoms with Crippen LogP contribution in [0.25, 0.3) is 0 Å². The standard InChI is InChI=1S/C11H9BrF6O/c1-6(19-5-12)7-2-8(10(13,14)15)4-9(3-7)11(16,17)18/h2-4,6H,5H2,1H3/t6-/m1/s1. The van der Waals surface area contributed by atoms with E-state index < -0.39 is 29.6 Å². The molecule has 1 rings (SSSR count). The molecule has 0 bridgehead atoms. The molecule has 1 aromatic rings. The molecule has 0 amide bonds. The van der Waals surface area contributed by atoms with Gasteiger partial charge in [-0.25, -0.2) is 0 Å². The van der Waals surface area contributed by atoms with Crippen LogP contribution in [0.15, 0.2) is 18.2 Å². The van der Waals surface area contributed by atoms with Crippen LogP contribution in [0.3, 0.4) is 0 Å². The number of rotatable bonds is 3. The molecular formula is C11H9BrF6O. The Balaban J connectivity index is 3.33. The molecule has 8 heteroatoms. The number of hydrogen-bond acceptors (Lipinski definition) is 1. The summed E-state index contributed by atoms with van der Waals surface area (Å²) in [4.78, 5) is 0. The SMILES string of the molecule is C[C@@H](OCBr)c1cc(C(F)(F)F)cc(C(F)(F)F)c1. The molecule has 0 aliphatic carbocycles. The molecule has 1 atom stereocenters. The summed E-state index contributed by atoms with van der Waals surface area (Å²) in [6.07, 6.45) is -10.6. The van der Waals surface area contributed by atoms with E-state index in [-0.39, 0.29) is 17.1 Å². The summed E-state index contributed by atoms with van der Waals surface area (Å²) in [5.74, 6) is 0. The van der Waals surface area contributed by atoms with Crippen LogP contribution in [-0.2, 0) is 17.1 Å². The molecule has 0 unspecified atom stereocenters. The van der Waals surface area contributed by atoms with Crippen molar-refractivity contribution in [3.8, 4) is 0 Å². The van der Waals surface area contributed by atoms with E-state index in [1.807, 2.05) is 0 Å². The molecule has 108 valence electrons. The Bertz CT molecular complexity index is 408. The van der Waals surface area contributed by atoms with E-state index in [9.17, 15) is 26.3 Å². The zero-order valence-corrected chi connectivity index (χ0v) is 11.2. The quantitative estimate of drug-likeness (QED) is 0.540. The Kier molecular flexibility index (Phi) is 4.89. The normalized spacial score (nSPS) is 14.5. The number of hydrogen-bond donors (Lipinski definition) is 0. The van der Waals surface area contributed by atoms with Crippen LogP contribution in [0.4, 0.5) is 26.3 Å². The molecular weight excluding hydrogens is 342 g/mol. The number of benzene rings is 1. The molecule has 0 aliphatic heterocycles.